The lowest BCUT2D eigenvalue weighted by atomic mass is 10.2. The molecule has 1 aliphatic heterocycles. The van der Waals surface area contributed by atoms with Gasteiger partial charge in [0.05, 0.1) is 18.7 Å². The number of alkyl carbamates (subject to hydrolysis) is 1. The Bertz CT molecular complexity index is 585. The van der Waals surface area contributed by atoms with Crippen molar-refractivity contribution in [1.82, 2.24) is 10.2 Å². The zero-order chi connectivity index (χ0) is 18.4. The Morgan fingerprint density at radius 3 is 2.48 bits per heavy atom. The van der Waals surface area contributed by atoms with E-state index in [0.29, 0.717) is 13.1 Å². The number of methoxy groups -OCH3 is 1. The fraction of sp³-hybridized carbons (Fsp3) is 0.556. The van der Waals surface area contributed by atoms with Crippen molar-refractivity contribution in [3.8, 4) is 0 Å². The number of benzene rings is 1. The van der Waals surface area contributed by atoms with Crippen molar-refractivity contribution < 1.29 is 23.8 Å². The largest absolute Gasteiger partial charge is 0.445 e. The minimum atomic E-state index is -0.584. The van der Waals surface area contributed by atoms with Crippen LogP contribution in [0.4, 0.5) is 9.59 Å². The third-order valence-corrected chi connectivity index (χ3v) is 3.73. The molecule has 1 heterocycles. The summed E-state index contributed by atoms with van der Waals surface area (Å²) < 4.78 is 16.0. The van der Waals surface area contributed by atoms with Gasteiger partial charge >= 0.3 is 12.2 Å². The highest BCUT2D eigenvalue weighted by Crippen LogP contribution is 2.16. The van der Waals surface area contributed by atoms with Crippen molar-refractivity contribution in [2.24, 2.45) is 0 Å². The fourth-order valence-corrected chi connectivity index (χ4v) is 2.57. The Hall–Kier alpha value is -2.28. The lowest BCUT2D eigenvalue weighted by molar-refractivity contribution is 0.0415. The Labute approximate surface area is 148 Å². The van der Waals surface area contributed by atoms with Gasteiger partial charge in [0.2, 0.25) is 0 Å². The van der Waals surface area contributed by atoms with E-state index in [9.17, 15) is 9.59 Å². The lowest BCUT2D eigenvalue weighted by Crippen LogP contribution is -2.45. The smallest absolute Gasteiger partial charge is 0.410 e. The van der Waals surface area contributed by atoms with Crippen LogP contribution < -0.4 is 5.32 Å². The third-order valence-electron chi connectivity index (χ3n) is 3.73. The molecule has 0 unspecified atom stereocenters. The number of hydrogen-bond acceptors (Lipinski definition) is 5. The Kier molecular flexibility index (Phi) is 6.25. The van der Waals surface area contributed by atoms with Gasteiger partial charge in [-0.3, -0.25) is 0 Å². The van der Waals surface area contributed by atoms with Gasteiger partial charge in [-0.25, -0.2) is 9.59 Å². The maximum atomic E-state index is 12.2. The van der Waals surface area contributed by atoms with Gasteiger partial charge in [0.1, 0.15) is 12.2 Å². The summed E-state index contributed by atoms with van der Waals surface area (Å²) in [6.45, 7) is 6.25. The lowest BCUT2D eigenvalue weighted by Gasteiger charge is -2.23. The molecule has 25 heavy (non-hydrogen) atoms. The van der Waals surface area contributed by atoms with E-state index >= 15 is 0 Å². The van der Waals surface area contributed by atoms with Crippen LogP contribution in [0.3, 0.4) is 0 Å². The molecule has 0 bridgehead atoms. The first kappa shape index (κ1) is 19.1. The number of carbonyl (C=O) groups excluding carboxylic acids is 2. The molecule has 0 saturated carbocycles. The predicted octanol–water partition coefficient (Wildman–Crippen LogP) is 2.55. The fourth-order valence-electron chi connectivity index (χ4n) is 2.57. The number of ether oxygens (including phenoxy) is 3. The first-order chi connectivity index (χ1) is 11.8. The van der Waals surface area contributed by atoms with Crippen LogP contribution >= 0.6 is 0 Å². The molecule has 0 radical (unpaired) electrons. The molecule has 2 amide bonds. The monoisotopic (exact) mass is 350 g/mol. The molecule has 1 saturated heterocycles. The first-order valence-electron chi connectivity index (χ1n) is 8.26. The van der Waals surface area contributed by atoms with Crippen LogP contribution in [0, 0.1) is 0 Å². The van der Waals surface area contributed by atoms with Crippen molar-refractivity contribution in [1.29, 1.82) is 0 Å². The molecular weight excluding hydrogens is 324 g/mol. The topological polar surface area (TPSA) is 77.1 Å². The van der Waals surface area contributed by atoms with Crippen molar-refractivity contribution in [2.45, 2.75) is 45.1 Å². The van der Waals surface area contributed by atoms with Crippen molar-refractivity contribution in [3.63, 3.8) is 0 Å². The Morgan fingerprint density at radius 1 is 1.20 bits per heavy atom. The van der Waals surface area contributed by atoms with E-state index in [1.165, 1.54) is 4.90 Å². The van der Waals surface area contributed by atoms with Gasteiger partial charge in [0.15, 0.2) is 0 Å². The maximum Gasteiger partial charge on any atom is 0.410 e. The minimum absolute atomic E-state index is 0.206. The van der Waals surface area contributed by atoms with Crippen LogP contribution in [0.2, 0.25) is 0 Å². The molecule has 2 atom stereocenters. The molecule has 7 nitrogen and oxygen atoms in total. The molecule has 1 aromatic carbocycles. The van der Waals surface area contributed by atoms with Gasteiger partial charge in [0, 0.05) is 13.7 Å². The number of likely N-dealkylation sites (tertiary alicyclic amines) is 1. The molecule has 0 aliphatic carbocycles. The highest BCUT2D eigenvalue weighted by atomic mass is 16.6. The van der Waals surface area contributed by atoms with E-state index in [-0.39, 0.29) is 18.8 Å². The summed E-state index contributed by atoms with van der Waals surface area (Å²) in [6.07, 6.45) is -1.27. The van der Waals surface area contributed by atoms with E-state index in [4.69, 9.17) is 14.2 Å². The standard InChI is InChI=1S/C18H26N2O5/c1-18(2,3)25-16(21)19-14-10-20(11-15(14)23-4)17(22)24-12-13-8-6-5-7-9-13/h5-9,14-15H,10-12H2,1-4H3,(H,19,21)/t14-,15-/m1/s1. The molecule has 1 fully saturated rings. The average molecular weight is 350 g/mol. The third kappa shape index (κ3) is 5.94. The Balaban J connectivity index is 1.87. The number of amides is 2. The molecule has 7 heteroatoms. The van der Waals surface area contributed by atoms with Crippen LogP contribution in [0.15, 0.2) is 30.3 Å². The zero-order valence-corrected chi connectivity index (χ0v) is 15.2. The van der Waals surface area contributed by atoms with E-state index in [2.05, 4.69) is 5.32 Å². The van der Waals surface area contributed by atoms with Crippen LogP contribution in [-0.4, -0.2) is 55.0 Å². The molecule has 0 aromatic heterocycles. The van der Waals surface area contributed by atoms with E-state index < -0.39 is 17.8 Å². The van der Waals surface area contributed by atoms with E-state index in [1.54, 1.807) is 27.9 Å². The molecule has 2 rings (SSSR count). The normalized spacial score (nSPS) is 20.2. The zero-order valence-electron chi connectivity index (χ0n) is 15.2. The summed E-state index contributed by atoms with van der Waals surface area (Å²) in [7, 11) is 1.55. The first-order valence-corrected chi connectivity index (χ1v) is 8.26. The van der Waals surface area contributed by atoms with Crippen LogP contribution in [0.1, 0.15) is 26.3 Å². The summed E-state index contributed by atoms with van der Waals surface area (Å²) in [5, 5.41) is 2.76. The van der Waals surface area contributed by atoms with Gasteiger partial charge in [-0.05, 0) is 26.3 Å². The average Bonchev–Trinajstić information content (AvgIpc) is 2.94. The van der Waals surface area contributed by atoms with Gasteiger partial charge in [-0.15, -0.1) is 0 Å². The summed E-state index contributed by atoms with van der Waals surface area (Å²) in [6, 6.07) is 9.12. The van der Waals surface area contributed by atoms with Crippen LogP contribution in [-0.2, 0) is 20.8 Å². The van der Waals surface area contributed by atoms with E-state index in [1.807, 2.05) is 30.3 Å². The summed E-state index contributed by atoms with van der Waals surface area (Å²) >= 11 is 0. The number of nitrogens with zero attached hydrogens (tertiary/aromatic N) is 1. The predicted molar refractivity (Wildman–Crippen MR) is 92.2 cm³/mol. The highest BCUT2D eigenvalue weighted by Gasteiger charge is 2.37. The second kappa shape index (κ2) is 8.20. The molecule has 1 aromatic rings. The van der Waals surface area contributed by atoms with Gasteiger partial charge < -0.3 is 24.4 Å². The second-order valence-electron chi connectivity index (χ2n) is 6.97. The molecule has 0 spiro atoms. The highest BCUT2D eigenvalue weighted by molar-refractivity contribution is 5.70. The van der Waals surface area contributed by atoms with Crippen LogP contribution in [0.5, 0.6) is 0 Å². The number of carbonyl (C=O) groups is 2. The minimum Gasteiger partial charge on any atom is -0.445 e. The molecule has 1 N–H and O–H groups in total. The van der Waals surface area contributed by atoms with Gasteiger partial charge in [-0.2, -0.15) is 0 Å². The number of nitrogens with one attached hydrogen (secondary N) is 1. The maximum absolute atomic E-state index is 12.2. The summed E-state index contributed by atoms with van der Waals surface area (Å²) in [5.74, 6) is 0. The van der Waals surface area contributed by atoms with Gasteiger partial charge in [-0.1, -0.05) is 30.3 Å². The van der Waals surface area contributed by atoms with E-state index in [0.717, 1.165) is 5.56 Å². The number of rotatable bonds is 4. The molecular formula is C18H26N2O5. The quantitative estimate of drug-likeness (QED) is 0.903. The number of hydrogen-bond donors (Lipinski definition) is 1. The molecule has 1 aliphatic rings. The summed E-state index contributed by atoms with van der Waals surface area (Å²) in [4.78, 5) is 25.7. The van der Waals surface area contributed by atoms with Crippen LogP contribution in [0.25, 0.3) is 0 Å². The SMILES string of the molecule is CO[C@@H]1CN(C(=O)OCc2ccccc2)C[C@H]1NC(=O)OC(C)(C)C. The Morgan fingerprint density at radius 2 is 1.88 bits per heavy atom. The van der Waals surface area contributed by atoms with Gasteiger partial charge in [0.25, 0.3) is 0 Å². The van der Waals surface area contributed by atoms with Crippen molar-refractivity contribution in [2.75, 3.05) is 20.2 Å². The summed E-state index contributed by atoms with van der Waals surface area (Å²) in [5.41, 5.74) is 0.335. The van der Waals surface area contributed by atoms with Crippen molar-refractivity contribution in [3.05, 3.63) is 35.9 Å². The second-order valence-corrected chi connectivity index (χ2v) is 6.97. The van der Waals surface area contributed by atoms with Crippen molar-refractivity contribution >= 4 is 12.2 Å². The molecule has 138 valence electrons.